The predicted molar refractivity (Wildman–Crippen MR) is 94.7 cm³/mol. The third-order valence-electron chi connectivity index (χ3n) is 3.71. The van der Waals surface area contributed by atoms with Crippen LogP contribution in [0.2, 0.25) is 0 Å². The second kappa shape index (κ2) is 7.57. The highest BCUT2D eigenvalue weighted by atomic mass is 16.3. The van der Waals surface area contributed by atoms with Crippen molar-refractivity contribution in [2.24, 2.45) is 5.10 Å². The zero-order valence-electron chi connectivity index (χ0n) is 13.8. The van der Waals surface area contributed by atoms with Crippen molar-refractivity contribution in [3.8, 4) is 0 Å². The molecule has 7 heteroatoms. The first kappa shape index (κ1) is 16.6. The first-order valence-electron chi connectivity index (χ1n) is 8.07. The highest BCUT2D eigenvalue weighted by Crippen LogP contribution is 2.13. The molecule has 2 heterocycles. The normalized spacial score (nSPS) is 11.2. The molecule has 25 heavy (non-hydrogen) atoms. The van der Waals surface area contributed by atoms with Gasteiger partial charge in [0, 0.05) is 11.9 Å². The Morgan fingerprint density at radius 3 is 2.80 bits per heavy atom. The smallest absolute Gasteiger partial charge is 0.292 e. The molecule has 0 unspecified atom stereocenters. The lowest BCUT2D eigenvalue weighted by Crippen LogP contribution is -2.29. The number of furan rings is 1. The maximum absolute atomic E-state index is 12.5. The molecule has 0 aliphatic rings. The zero-order valence-corrected chi connectivity index (χ0v) is 13.8. The second-order valence-electron chi connectivity index (χ2n) is 5.49. The van der Waals surface area contributed by atoms with Crippen molar-refractivity contribution < 1.29 is 9.21 Å². The molecule has 3 rings (SSSR count). The molecule has 0 atom stereocenters. The third kappa shape index (κ3) is 3.65. The van der Waals surface area contributed by atoms with Gasteiger partial charge in [-0.2, -0.15) is 10.2 Å². The maximum atomic E-state index is 12.5. The Kier molecular flexibility index (Phi) is 5.03. The van der Waals surface area contributed by atoms with E-state index < -0.39 is 5.91 Å². The molecule has 0 fully saturated rings. The van der Waals surface area contributed by atoms with Crippen molar-refractivity contribution >= 4 is 22.9 Å². The van der Waals surface area contributed by atoms with Crippen molar-refractivity contribution in [3.63, 3.8) is 0 Å². The minimum atomic E-state index is -0.482. The van der Waals surface area contributed by atoms with Crippen LogP contribution in [0.3, 0.4) is 0 Å². The number of aryl methyl sites for hydroxylation is 1. The number of hydrogen-bond acceptors (Lipinski definition) is 5. The van der Waals surface area contributed by atoms with Gasteiger partial charge in [0.25, 0.3) is 11.5 Å². The third-order valence-corrected chi connectivity index (χ3v) is 3.71. The van der Waals surface area contributed by atoms with Gasteiger partial charge in [-0.3, -0.25) is 9.59 Å². The van der Waals surface area contributed by atoms with Crippen LogP contribution in [-0.2, 0) is 6.54 Å². The molecule has 0 aliphatic carbocycles. The van der Waals surface area contributed by atoms with E-state index in [1.54, 1.807) is 36.4 Å². The molecule has 7 nitrogen and oxygen atoms in total. The lowest BCUT2D eigenvalue weighted by Gasteiger charge is -2.09. The van der Waals surface area contributed by atoms with Gasteiger partial charge >= 0.3 is 0 Å². The molecule has 1 N–H and O–H groups in total. The van der Waals surface area contributed by atoms with E-state index >= 15 is 0 Å². The Morgan fingerprint density at radius 1 is 1.28 bits per heavy atom. The number of hydrogen-bond donors (Lipinski definition) is 1. The molecular formula is C18H18N4O3. The number of hydrazone groups is 1. The molecule has 0 radical (unpaired) electrons. The average molecular weight is 338 g/mol. The minimum absolute atomic E-state index is 0.169. The summed E-state index contributed by atoms with van der Waals surface area (Å²) < 4.78 is 6.45. The van der Waals surface area contributed by atoms with Crippen molar-refractivity contribution in [2.75, 3.05) is 0 Å². The number of nitrogens with zero attached hydrogens (tertiary/aromatic N) is 3. The standard InChI is InChI=1S/C18H18N4O3/c1-2-3-10-22-18(24)15-9-5-4-8-14(15)16(21-22)17(23)20-19-12-13-7-6-11-25-13/h4-9,11-12H,2-3,10H2,1H3,(H,20,23)/b19-12-. The van der Waals surface area contributed by atoms with E-state index in [1.807, 2.05) is 6.92 Å². The van der Waals surface area contributed by atoms with Gasteiger partial charge in [-0.05, 0) is 24.6 Å². The van der Waals surface area contributed by atoms with E-state index in [1.165, 1.54) is 17.2 Å². The number of fused-ring (bicyclic) bond motifs is 1. The zero-order chi connectivity index (χ0) is 17.6. The van der Waals surface area contributed by atoms with Gasteiger partial charge in [0.1, 0.15) is 5.76 Å². The van der Waals surface area contributed by atoms with Gasteiger partial charge in [0.15, 0.2) is 5.69 Å². The summed E-state index contributed by atoms with van der Waals surface area (Å²) in [6.45, 7) is 2.50. The Morgan fingerprint density at radius 2 is 2.08 bits per heavy atom. The fraction of sp³-hybridized carbons (Fsp3) is 0.222. The molecule has 2 aromatic heterocycles. The maximum Gasteiger partial charge on any atom is 0.292 e. The summed E-state index contributed by atoms with van der Waals surface area (Å²) in [6, 6.07) is 10.4. The molecule has 0 saturated heterocycles. The van der Waals surface area contributed by atoms with Gasteiger partial charge in [-0.1, -0.05) is 31.5 Å². The summed E-state index contributed by atoms with van der Waals surface area (Å²) in [5, 5.41) is 9.09. The van der Waals surface area contributed by atoms with E-state index in [4.69, 9.17) is 4.42 Å². The summed E-state index contributed by atoms with van der Waals surface area (Å²) in [7, 11) is 0. The summed E-state index contributed by atoms with van der Waals surface area (Å²) in [6.07, 6.45) is 4.65. The van der Waals surface area contributed by atoms with E-state index in [9.17, 15) is 9.59 Å². The fourth-order valence-electron chi connectivity index (χ4n) is 2.43. The van der Waals surface area contributed by atoms with Crippen LogP contribution in [0.4, 0.5) is 0 Å². The monoisotopic (exact) mass is 338 g/mol. The van der Waals surface area contributed by atoms with Crippen LogP contribution in [0.25, 0.3) is 10.8 Å². The quantitative estimate of drug-likeness (QED) is 0.552. The first-order valence-corrected chi connectivity index (χ1v) is 8.07. The lowest BCUT2D eigenvalue weighted by molar-refractivity contribution is 0.0949. The van der Waals surface area contributed by atoms with Crippen LogP contribution in [-0.4, -0.2) is 21.9 Å². The molecular weight excluding hydrogens is 320 g/mol. The average Bonchev–Trinajstić information content (AvgIpc) is 3.14. The van der Waals surface area contributed by atoms with Crippen LogP contribution in [0.1, 0.15) is 36.0 Å². The number of benzene rings is 1. The number of rotatable bonds is 6. The first-order chi connectivity index (χ1) is 12.2. The molecule has 0 bridgehead atoms. The predicted octanol–water partition coefficient (Wildman–Crippen LogP) is 2.55. The number of aromatic nitrogens is 2. The van der Waals surface area contributed by atoms with E-state index in [-0.39, 0.29) is 11.3 Å². The summed E-state index contributed by atoms with van der Waals surface area (Å²) in [5.41, 5.74) is 2.40. The van der Waals surface area contributed by atoms with E-state index in [0.717, 1.165) is 12.8 Å². The van der Waals surface area contributed by atoms with Crippen LogP contribution in [0.5, 0.6) is 0 Å². The van der Waals surface area contributed by atoms with Crippen LogP contribution in [0.15, 0.2) is 57.0 Å². The van der Waals surface area contributed by atoms with Gasteiger partial charge in [0.05, 0.1) is 17.9 Å². The molecule has 1 amide bonds. The molecule has 128 valence electrons. The van der Waals surface area contributed by atoms with Crippen LogP contribution >= 0.6 is 0 Å². The topological polar surface area (TPSA) is 89.5 Å². The fourth-order valence-corrected chi connectivity index (χ4v) is 2.43. The van der Waals surface area contributed by atoms with Gasteiger partial charge < -0.3 is 4.42 Å². The Labute approximate surface area is 144 Å². The Balaban J connectivity index is 1.94. The van der Waals surface area contributed by atoms with Crippen molar-refractivity contribution in [2.45, 2.75) is 26.3 Å². The highest BCUT2D eigenvalue weighted by Gasteiger charge is 2.16. The molecule has 1 aromatic carbocycles. The number of unbranched alkanes of at least 4 members (excludes halogenated alkanes) is 1. The van der Waals surface area contributed by atoms with Gasteiger partial charge in [-0.25, -0.2) is 10.1 Å². The number of carbonyl (C=O) groups excluding carboxylic acids is 1. The summed E-state index contributed by atoms with van der Waals surface area (Å²) in [5.74, 6) is 0.0373. The van der Waals surface area contributed by atoms with Crippen LogP contribution in [0, 0.1) is 0 Å². The SMILES string of the molecule is CCCCn1nc(C(=O)N/N=C\c2ccco2)c2ccccc2c1=O. The second-order valence-corrected chi connectivity index (χ2v) is 5.49. The van der Waals surface area contributed by atoms with Crippen molar-refractivity contribution in [3.05, 3.63) is 64.5 Å². The van der Waals surface area contributed by atoms with E-state index in [0.29, 0.717) is 23.1 Å². The van der Waals surface area contributed by atoms with Crippen molar-refractivity contribution in [1.29, 1.82) is 0 Å². The molecule has 0 spiro atoms. The number of amides is 1. The highest BCUT2D eigenvalue weighted by molar-refractivity contribution is 6.04. The molecule has 0 saturated carbocycles. The molecule has 0 aliphatic heterocycles. The Bertz CT molecular complexity index is 958. The minimum Gasteiger partial charge on any atom is -0.463 e. The number of carbonyl (C=O) groups is 1. The van der Waals surface area contributed by atoms with Crippen LogP contribution < -0.4 is 11.0 Å². The van der Waals surface area contributed by atoms with E-state index in [2.05, 4.69) is 15.6 Å². The molecule has 3 aromatic rings. The summed E-state index contributed by atoms with van der Waals surface area (Å²) >= 11 is 0. The van der Waals surface area contributed by atoms with Gasteiger partial charge in [-0.15, -0.1) is 0 Å². The van der Waals surface area contributed by atoms with Crippen molar-refractivity contribution in [1.82, 2.24) is 15.2 Å². The largest absolute Gasteiger partial charge is 0.463 e. The Hall–Kier alpha value is -3.22. The van der Waals surface area contributed by atoms with Gasteiger partial charge in [0.2, 0.25) is 0 Å². The number of nitrogens with one attached hydrogen (secondary N) is 1. The summed E-state index contributed by atoms with van der Waals surface area (Å²) in [4.78, 5) is 25.0. The lowest BCUT2D eigenvalue weighted by atomic mass is 10.1.